The topological polar surface area (TPSA) is 82.2 Å². The fourth-order valence-corrected chi connectivity index (χ4v) is 3.51. The van der Waals surface area contributed by atoms with Crippen LogP contribution in [0.5, 0.6) is 5.75 Å². The van der Waals surface area contributed by atoms with Crippen LogP contribution >= 0.6 is 0 Å². The van der Waals surface area contributed by atoms with Crippen molar-refractivity contribution in [2.45, 2.75) is 38.1 Å². The molecule has 7 heteroatoms. The Bertz CT molecular complexity index is 757. The summed E-state index contributed by atoms with van der Waals surface area (Å²) in [5.41, 5.74) is 3.47. The van der Waals surface area contributed by atoms with Gasteiger partial charge in [-0.1, -0.05) is 0 Å². The number of aryl methyl sites for hydroxylation is 3. The van der Waals surface area contributed by atoms with Crippen molar-refractivity contribution in [2.75, 3.05) is 13.7 Å². The number of hydrogen-bond acceptors (Lipinski definition) is 5. The van der Waals surface area contributed by atoms with Gasteiger partial charge in [-0.2, -0.15) is 5.10 Å². The Hall–Kier alpha value is -2.41. The van der Waals surface area contributed by atoms with Gasteiger partial charge in [-0.15, -0.1) is 0 Å². The molecule has 25 heavy (non-hydrogen) atoms. The number of nitro groups is 1. The molecule has 2 aromatic rings. The number of hydrogen-bond donors (Lipinski definition) is 1. The van der Waals surface area contributed by atoms with Gasteiger partial charge in [0, 0.05) is 25.4 Å². The third-order valence-electron chi connectivity index (χ3n) is 4.74. The van der Waals surface area contributed by atoms with Crippen LogP contribution in [0.25, 0.3) is 0 Å². The van der Waals surface area contributed by atoms with Crippen molar-refractivity contribution in [2.24, 2.45) is 7.05 Å². The molecule has 1 aromatic carbocycles. The molecular formula is C18H24N4O3. The third kappa shape index (κ3) is 3.99. The van der Waals surface area contributed by atoms with E-state index in [9.17, 15) is 10.1 Å². The number of benzene rings is 1. The van der Waals surface area contributed by atoms with Crippen molar-refractivity contribution < 1.29 is 9.66 Å². The zero-order valence-electron chi connectivity index (χ0n) is 14.7. The van der Waals surface area contributed by atoms with E-state index in [1.165, 1.54) is 12.7 Å². The van der Waals surface area contributed by atoms with Gasteiger partial charge >= 0.3 is 5.69 Å². The number of fused-ring (bicyclic) bond motifs is 1. The first-order valence-electron chi connectivity index (χ1n) is 8.64. The normalized spacial score (nSPS) is 16.5. The lowest BCUT2D eigenvalue weighted by molar-refractivity contribution is -0.385. The van der Waals surface area contributed by atoms with E-state index in [0.29, 0.717) is 5.75 Å². The highest BCUT2D eigenvalue weighted by Gasteiger charge is 2.26. The Labute approximate surface area is 147 Å². The van der Waals surface area contributed by atoms with E-state index in [1.807, 2.05) is 30.2 Å². The van der Waals surface area contributed by atoms with Crippen molar-refractivity contribution in [1.82, 2.24) is 15.1 Å². The Morgan fingerprint density at radius 2 is 2.32 bits per heavy atom. The van der Waals surface area contributed by atoms with Crippen LogP contribution in [-0.2, 0) is 19.9 Å². The van der Waals surface area contributed by atoms with E-state index in [-0.39, 0.29) is 16.7 Å². The molecule has 0 amide bonds. The molecular weight excluding hydrogens is 320 g/mol. The summed E-state index contributed by atoms with van der Waals surface area (Å²) in [5.74, 6) is 0.348. The molecule has 1 aromatic heterocycles. The first kappa shape index (κ1) is 17.4. The van der Waals surface area contributed by atoms with E-state index in [0.717, 1.165) is 49.8 Å². The van der Waals surface area contributed by atoms with Gasteiger partial charge in [-0.3, -0.25) is 14.8 Å². The molecule has 1 heterocycles. The summed E-state index contributed by atoms with van der Waals surface area (Å²) in [6.07, 6.45) is 8.94. The quantitative estimate of drug-likeness (QED) is 0.474. The number of rotatable bonds is 7. The molecule has 0 unspecified atom stereocenters. The van der Waals surface area contributed by atoms with Gasteiger partial charge in [0.05, 0.1) is 18.2 Å². The molecule has 1 aliphatic rings. The molecule has 7 nitrogen and oxygen atoms in total. The second kappa shape index (κ2) is 7.65. The standard InChI is InChI=1S/C18H24N4O3/c1-21-12-13(11-20-21)5-4-8-19-16-7-3-6-14-9-18(25-2)17(22(23)24)10-15(14)16/h9-12,16,19H,3-8H2,1-2H3/t16-/m0/s1. The van der Waals surface area contributed by atoms with Crippen molar-refractivity contribution in [3.63, 3.8) is 0 Å². The predicted molar refractivity (Wildman–Crippen MR) is 94.9 cm³/mol. The lowest BCUT2D eigenvalue weighted by atomic mass is 9.87. The minimum absolute atomic E-state index is 0.0466. The fourth-order valence-electron chi connectivity index (χ4n) is 3.51. The van der Waals surface area contributed by atoms with Crippen LogP contribution < -0.4 is 10.1 Å². The monoisotopic (exact) mass is 344 g/mol. The van der Waals surface area contributed by atoms with Gasteiger partial charge in [0.2, 0.25) is 0 Å². The number of ether oxygens (including phenoxy) is 1. The minimum atomic E-state index is -0.368. The lowest BCUT2D eigenvalue weighted by Gasteiger charge is -2.27. The van der Waals surface area contributed by atoms with E-state index < -0.39 is 0 Å². The van der Waals surface area contributed by atoms with Crippen LogP contribution in [0.15, 0.2) is 24.5 Å². The molecule has 1 N–H and O–H groups in total. The maximum Gasteiger partial charge on any atom is 0.311 e. The van der Waals surface area contributed by atoms with Crippen LogP contribution in [0.3, 0.4) is 0 Å². The van der Waals surface area contributed by atoms with Gasteiger partial charge in [0.1, 0.15) is 0 Å². The van der Waals surface area contributed by atoms with Gasteiger partial charge in [0.15, 0.2) is 5.75 Å². The molecule has 0 aliphatic heterocycles. The lowest BCUT2D eigenvalue weighted by Crippen LogP contribution is -2.26. The molecule has 0 spiro atoms. The molecule has 1 atom stereocenters. The average molecular weight is 344 g/mol. The van der Waals surface area contributed by atoms with E-state index in [1.54, 1.807) is 6.07 Å². The first-order valence-corrected chi connectivity index (χ1v) is 8.64. The number of nitrogens with one attached hydrogen (secondary N) is 1. The summed E-state index contributed by atoms with van der Waals surface area (Å²) < 4.78 is 7.00. The fraction of sp³-hybridized carbons (Fsp3) is 0.500. The van der Waals surface area contributed by atoms with Crippen LogP contribution in [0.4, 0.5) is 5.69 Å². The van der Waals surface area contributed by atoms with Crippen molar-refractivity contribution >= 4 is 5.69 Å². The maximum absolute atomic E-state index is 11.3. The largest absolute Gasteiger partial charge is 0.490 e. The molecule has 0 fully saturated rings. The molecule has 0 bridgehead atoms. The zero-order valence-corrected chi connectivity index (χ0v) is 14.7. The number of aromatic nitrogens is 2. The van der Waals surface area contributed by atoms with Crippen molar-refractivity contribution in [1.29, 1.82) is 0 Å². The molecule has 0 saturated heterocycles. The smallest absolute Gasteiger partial charge is 0.311 e. The highest BCUT2D eigenvalue weighted by Crippen LogP contribution is 2.37. The first-order chi connectivity index (χ1) is 12.1. The van der Waals surface area contributed by atoms with E-state index >= 15 is 0 Å². The van der Waals surface area contributed by atoms with Crippen molar-refractivity contribution in [3.05, 3.63) is 51.3 Å². The van der Waals surface area contributed by atoms with Crippen molar-refractivity contribution in [3.8, 4) is 5.75 Å². The number of methoxy groups -OCH3 is 1. The molecule has 3 rings (SSSR count). The average Bonchev–Trinajstić information content (AvgIpc) is 3.02. The minimum Gasteiger partial charge on any atom is -0.490 e. The third-order valence-corrected chi connectivity index (χ3v) is 4.74. The highest BCUT2D eigenvalue weighted by molar-refractivity contribution is 5.53. The Morgan fingerprint density at radius 3 is 3.00 bits per heavy atom. The number of nitrogens with zero attached hydrogens (tertiary/aromatic N) is 3. The molecule has 134 valence electrons. The molecule has 0 saturated carbocycles. The number of nitro benzene ring substituents is 1. The van der Waals surface area contributed by atoms with Gasteiger partial charge < -0.3 is 10.1 Å². The second-order valence-electron chi connectivity index (χ2n) is 6.50. The van der Waals surface area contributed by atoms with Gasteiger partial charge in [-0.05, 0) is 61.4 Å². The molecule has 0 radical (unpaired) electrons. The maximum atomic E-state index is 11.3. The van der Waals surface area contributed by atoms with Crippen LogP contribution in [0.1, 0.15) is 42.0 Å². The summed E-state index contributed by atoms with van der Waals surface area (Å²) in [6, 6.07) is 3.69. The summed E-state index contributed by atoms with van der Waals surface area (Å²) in [7, 11) is 3.40. The summed E-state index contributed by atoms with van der Waals surface area (Å²) in [6.45, 7) is 0.874. The summed E-state index contributed by atoms with van der Waals surface area (Å²) in [5, 5.41) is 19.0. The second-order valence-corrected chi connectivity index (χ2v) is 6.50. The Morgan fingerprint density at radius 1 is 1.48 bits per heavy atom. The zero-order chi connectivity index (χ0) is 17.8. The van der Waals surface area contributed by atoms with Crippen LogP contribution in [-0.4, -0.2) is 28.4 Å². The SMILES string of the molecule is COc1cc2c(cc1[N+](=O)[O-])[C@@H](NCCCc1cnn(C)c1)CCC2. The Balaban J connectivity index is 1.66. The Kier molecular flexibility index (Phi) is 5.33. The van der Waals surface area contributed by atoms with Crippen LogP contribution in [0.2, 0.25) is 0 Å². The molecule has 1 aliphatic carbocycles. The summed E-state index contributed by atoms with van der Waals surface area (Å²) >= 11 is 0. The van der Waals surface area contributed by atoms with E-state index in [2.05, 4.69) is 10.4 Å². The predicted octanol–water partition coefficient (Wildman–Crippen LogP) is 2.94. The van der Waals surface area contributed by atoms with Crippen LogP contribution in [0, 0.1) is 10.1 Å². The highest BCUT2D eigenvalue weighted by atomic mass is 16.6. The van der Waals surface area contributed by atoms with Gasteiger partial charge in [0.25, 0.3) is 0 Å². The summed E-state index contributed by atoms with van der Waals surface area (Å²) in [4.78, 5) is 10.9. The van der Waals surface area contributed by atoms with E-state index in [4.69, 9.17) is 4.74 Å². The van der Waals surface area contributed by atoms with Gasteiger partial charge in [-0.25, -0.2) is 0 Å².